The maximum atomic E-state index is 11.9. The number of sulfone groups is 1. The van der Waals surface area contributed by atoms with Crippen molar-refractivity contribution in [1.29, 1.82) is 0 Å². The monoisotopic (exact) mass is 371 g/mol. The minimum atomic E-state index is -3.27. The summed E-state index contributed by atoms with van der Waals surface area (Å²) < 4.78 is 39.0. The predicted octanol–water partition coefficient (Wildman–Crippen LogP) is 2.83. The molecule has 0 aliphatic carbocycles. The van der Waals surface area contributed by atoms with Gasteiger partial charge >= 0.3 is 5.82 Å². The van der Waals surface area contributed by atoms with E-state index >= 15 is 0 Å². The van der Waals surface area contributed by atoms with Gasteiger partial charge in [-0.25, -0.2) is 17.6 Å². The molecule has 2 heterocycles. The molecule has 0 amide bonds. The maximum absolute atomic E-state index is 11.9. The van der Waals surface area contributed by atoms with E-state index in [4.69, 9.17) is 9.15 Å². The standard InChI is InChI=1S/C19H19N2O4S/c1-20-15-8-7-14(26(4,22)23)11-16(15)21(2)19(20)18-9-12-5-6-13(24-3)10-17(12)25-18/h5-11H,1-4H3/q+1. The number of imidazole rings is 1. The Hall–Kier alpha value is -2.80. The van der Waals surface area contributed by atoms with Gasteiger partial charge in [-0.1, -0.05) is 0 Å². The fourth-order valence-electron chi connectivity index (χ4n) is 3.32. The molecule has 0 saturated carbocycles. The van der Waals surface area contributed by atoms with Crippen LogP contribution in [0.15, 0.2) is 51.8 Å². The highest BCUT2D eigenvalue weighted by Gasteiger charge is 2.26. The van der Waals surface area contributed by atoms with Crippen LogP contribution in [0, 0.1) is 0 Å². The maximum Gasteiger partial charge on any atom is 0.325 e. The van der Waals surface area contributed by atoms with Crippen molar-refractivity contribution < 1.29 is 22.1 Å². The van der Waals surface area contributed by atoms with Gasteiger partial charge in [0, 0.05) is 29.8 Å². The summed E-state index contributed by atoms with van der Waals surface area (Å²) in [5, 5.41) is 0.975. The molecule has 0 N–H and O–H groups in total. The molecular formula is C19H19N2O4S+. The smallest absolute Gasteiger partial charge is 0.325 e. The molecule has 26 heavy (non-hydrogen) atoms. The van der Waals surface area contributed by atoms with Gasteiger partial charge in [0.05, 0.1) is 26.1 Å². The molecule has 0 radical (unpaired) electrons. The summed E-state index contributed by atoms with van der Waals surface area (Å²) in [6.07, 6.45) is 1.21. The van der Waals surface area contributed by atoms with E-state index in [1.54, 1.807) is 19.2 Å². The number of furan rings is 1. The predicted molar refractivity (Wildman–Crippen MR) is 99.0 cm³/mol. The largest absolute Gasteiger partial charge is 0.497 e. The molecule has 0 saturated heterocycles. The van der Waals surface area contributed by atoms with Gasteiger partial charge in [0.1, 0.15) is 11.3 Å². The van der Waals surface area contributed by atoms with Gasteiger partial charge in [-0.15, -0.1) is 0 Å². The molecule has 134 valence electrons. The van der Waals surface area contributed by atoms with Crippen LogP contribution in [0.5, 0.6) is 5.75 Å². The van der Waals surface area contributed by atoms with Crippen LogP contribution in [0.4, 0.5) is 0 Å². The van der Waals surface area contributed by atoms with Gasteiger partial charge in [-0.2, -0.15) is 0 Å². The van der Waals surface area contributed by atoms with E-state index in [0.29, 0.717) is 10.7 Å². The first-order valence-corrected chi connectivity index (χ1v) is 9.95. The van der Waals surface area contributed by atoms with E-state index < -0.39 is 9.84 Å². The SMILES string of the molecule is COc1ccc2cc(-c3n(C)c4cc(S(C)(=O)=O)ccc4[n+]3C)oc2c1. The molecule has 0 atom stereocenters. The zero-order valence-corrected chi connectivity index (χ0v) is 15.8. The normalized spacial score (nSPS) is 12.2. The summed E-state index contributed by atoms with van der Waals surface area (Å²) in [6.45, 7) is 0. The van der Waals surface area contributed by atoms with Crippen molar-refractivity contribution >= 4 is 31.8 Å². The third-order valence-corrected chi connectivity index (χ3v) is 5.79. The Labute approximate surface area is 151 Å². The third-order valence-electron chi connectivity index (χ3n) is 4.68. The number of fused-ring (bicyclic) bond motifs is 2. The number of aromatic nitrogens is 2. The van der Waals surface area contributed by atoms with E-state index in [-0.39, 0.29) is 0 Å². The van der Waals surface area contributed by atoms with Crippen LogP contribution in [0.3, 0.4) is 0 Å². The van der Waals surface area contributed by atoms with Crippen LogP contribution in [0.25, 0.3) is 33.6 Å². The number of rotatable bonds is 3. The van der Waals surface area contributed by atoms with Crippen LogP contribution >= 0.6 is 0 Å². The Bertz CT molecular complexity index is 1270. The lowest BCUT2D eigenvalue weighted by molar-refractivity contribution is -0.634. The molecule has 0 aliphatic heterocycles. The number of nitrogens with zero attached hydrogens (tertiary/aromatic N) is 2. The van der Waals surface area contributed by atoms with Crippen LogP contribution in [0.1, 0.15) is 0 Å². The number of aryl methyl sites for hydroxylation is 2. The molecule has 2 aromatic carbocycles. The lowest BCUT2D eigenvalue weighted by Crippen LogP contribution is -2.29. The molecular weight excluding hydrogens is 352 g/mol. The minimum Gasteiger partial charge on any atom is -0.497 e. The van der Waals surface area contributed by atoms with Gasteiger partial charge in [0.25, 0.3) is 0 Å². The van der Waals surface area contributed by atoms with Crippen molar-refractivity contribution in [2.75, 3.05) is 13.4 Å². The Morgan fingerprint density at radius 1 is 1.12 bits per heavy atom. The second kappa shape index (κ2) is 5.60. The lowest BCUT2D eigenvalue weighted by atomic mass is 10.2. The number of ether oxygens (including phenoxy) is 1. The van der Waals surface area contributed by atoms with Crippen LogP contribution in [-0.4, -0.2) is 26.4 Å². The molecule has 4 aromatic rings. The lowest BCUT2D eigenvalue weighted by Gasteiger charge is -1.97. The Balaban J connectivity index is 1.96. The van der Waals surface area contributed by atoms with Gasteiger partial charge in [-0.05, 0) is 24.3 Å². The average Bonchev–Trinajstić information content (AvgIpc) is 3.12. The first-order valence-electron chi connectivity index (χ1n) is 8.06. The zero-order valence-electron chi connectivity index (χ0n) is 15.0. The van der Waals surface area contributed by atoms with Crippen LogP contribution in [-0.2, 0) is 23.9 Å². The van der Waals surface area contributed by atoms with Crippen molar-refractivity contribution in [2.45, 2.75) is 4.90 Å². The molecule has 0 fully saturated rings. The van der Waals surface area contributed by atoms with Crippen molar-refractivity contribution in [2.24, 2.45) is 14.1 Å². The average molecular weight is 371 g/mol. The van der Waals surface area contributed by atoms with E-state index in [9.17, 15) is 8.42 Å². The number of hydrogen-bond donors (Lipinski definition) is 0. The summed E-state index contributed by atoms with van der Waals surface area (Å²) in [5.41, 5.74) is 2.48. The minimum absolute atomic E-state index is 0.298. The Kier molecular flexibility index (Phi) is 3.59. The van der Waals surface area contributed by atoms with Gasteiger partial charge in [0.15, 0.2) is 20.9 Å². The van der Waals surface area contributed by atoms with Gasteiger partial charge in [0.2, 0.25) is 5.76 Å². The van der Waals surface area contributed by atoms with Crippen molar-refractivity contribution in [3.05, 3.63) is 42.5 Å². The number of methoxy groups -OCH3 is 1. The van der Waals surface area contributed by atoms with E-state index in [1.165, 1.54) is 6.26 Å². The molecule has 0 aliphatic rings. The summed E-state index contributed by atoms with van der Waals surface area (Å²) >= 11 is 0. The van der Waals surface area contributed by atoms with E-state index in [2.05, 4.69) is 0 Å². The van der Waals surface area contributed by atoms with E-state index in [0.717, 1.165) is 33.6 Å². The second-order valence-electron chi connectivity index (χ2n) is 6.38. The molecule has 6 nitrogen and oxygen atoms in total. The summed E-state index contributed by atoms with van der Waals surface area (Å²) in [4.78, 5) is 0.298. The topological polar surface area (TPSA) is 65.3 Å². The Morgan fingerprint density at radius 2 is 1.88 bits per heavy atom. The van der Waals surface area contributed by atoms with E-state index in [1.807, 2.05) is 53.6 Å². The highest BCUT2D eigenvalue weighted by molar-refractivity contribution is 7.90. The molecule has 0 spiro atoms. The Morgan fingerprint density at radius 3 is 2.58 bits per heavy atom. The van der Waals surface area contributed by atoms with Crippen LogP contribution < -0.4 is 9.30 Å². The second-order valence-corrected chi connectivity index (χ2v) is 8.39. The third kappa shape index (κ3) is 2.47. The fraction of sp³-hybridized carbons (Fsp3) is 0.211. The molecule has 0 bridgehead atoms. The molecule has 4 rings (SSSR count). The first-order chi connectivity index (χ1) is 12.3. The van der Waals surface area contributed by atoms with Gasteiger partial charge in [-0.3, -0.25) is 0 Å². The van der Waals surface area contributed by atoms with Crippen molar-refractivity contribution in [3.8, 4) is 17.3 Å². The quantitative estimate of drug-likeness (QED) is 0.520. The summed E-state index contributed by atoms with van der Waals surface area (Å²) in [7, 11) is 2.19. The summed E-state index contributed by atoms with van der Waals surface area (Å²) in [6, 6.07) is 12.8. The fourth-order valence-corrected chi connectivity index (χ4v) is 3.96. The number of benzene rings is 2. The molecule has 7 heteroatoms. The number of hydrogen-bond acceptors (Lipinski definition) is 4. The van der Waals surface area contributed by atoms with Gasteiger partial charge < -0.3 is 9.15 Å². The van der Waals surface area contributed by atoms with Crippen molar-refractivity contribution in [3.63, 3.8) is 0 Å². The van der Waals surface area contributed by atoms with Crippen LogP contribution in [0.2, 0.25) is 0 Å². The highest BCUT2D eigenvalue weighted by Crippen LogP contribution is 2.30. The molecule has 0 unspecified atom stereocenters. The zero-order chi connectivity index (χ0) is 18.6. The molecule has 2 aromatic heterocycles. The van der Waals surface area contributed by atoms with Crippen molar-refractivity contribution in [1.82, 2.24) is 4.57 Å². The highest BCUT2D eigenvalue weighted by atomic mass is 32.2. The first kappa shape index (κ1) is 16.7. The summed E-state index contributed by atoms with van der Waals surface area (Å²) in [5.74, 6) is 2.29.